The molecule has 0 saturated heterocycles. The maximum atomic E-state index is 11.8. The van der Waals surface area contributed by atoms with Crippen LogP contribution in [0.25, 0.3) is 0 Å². The van der Waals surface area contributed by atoms with E-state index in [1.165, 1.54) is 6.33 Å². The van der Waals surface area contributed by atoms with Crippen LogP contribution in [-0.2, 0) is 6.54 Å². The van der Waals surface area contributed by atoms with Crippen LogP contribution in [0, 0.1) is 0 Å². The van der Waals surface area contributed by atoms with E-state index in [9.17, 15) is 4.79 Å². The summed E-state index contributed by atoms with van der Waals surface area (Å²) in [4.78, 5) is 15.7. The van der Waals surface area contributed by atoms with Crippen molar-refractivity contribution in [3.05, 3.63) is 48.3 Å². The molecule has 0 unspecified atom stereocenters. The number of hydrogen-bond donors (Lipinski definition) is 2. The Morgan fingerprint density at radius 3 is 3.10 bits per heavy atom. The Hall–Kier alpha value is -3.10. The zero-order valence-electron chi connectivity index (χ0n) is 10.3. The summed E-state index contributed by atoms with van der Waals surface area (Å²) in [7, 11) is 0. The smallest absolute Gasteiger partial charge is 0.297 e. The van der Waals surface area contributed by atoms with Crippen molar-refractivity contribution >= 4 is 11.6 Å². The van der Waals surface area contributed by atoms with Gasteiger partial charge in [-0.2, -0.15) is 10.3 Å². The van der Waals surface area contributed by atoms with Gasteiger partial charge in [0.15, 0.2) is 0 Å². The molecule has 0 saturated carbocycles. The quantitative estimate of drug-likeness (QED) is 0.694. The van der Waals surface area contributed by atoms with Gasteiger partial charge >= 0.3 is 0 Å². The van der Waals surface area contributed by atoms with Gasteiger partial charge in [-0.05, 0) is 22.9 Å². The number of aromatic nitrogens is 7. The summed E-state index contributed by atoms with van der Waals surface area (Å²) >= 11 is 0. The molecule has 20 heavy (non-hydrogen) atoms. The highest BCUT2D eigenvalue weighted by Gasteiger charge is 2.10. The van der Waals surface area contributed by atoms with Crippen LogP contribution >= 0.6 is 0 Å². The zero-order chi connectivity index (χ0) is 13.8. The predicted octanol–water partition coefficient (Wildman–Crippen LogP) is 0.0918. The first kappa shape index (κ1) is 12.0. The Bertz CT molecular complexity index is 691. The molecule has 2 N–H and O–H groups in total. The van der Waals surface area contributed by atoms with Crippen LogP contribution in [0.5, 0.6) is 0 Å². The van der Waals surface area contributed by atoms with Crippen molar-refractivity contribution in [3.63, 3.8) is 0 Å². The second kappa shape index (κ2) is 5.26. The van der Waals surface area contributed by atoms with Gasteiger partial charge in [0.2, 0.25) is 0 Å². The molecule has 0 spiro atoms. The number of amides is 1. The average molecular weight is 270 g/mol. The van der Waals surface area contributed by atoms with Crippen molar-refractivity contribution in [2.24, 2.45) is 0 Å². The number of benzene rings is 1. The molecule has 1 amide bonds. The molecule has 2 heterocycles. The minimum atomic E-state index is -0.420. The number of H-pyrrole nitrogens is 1. The molecule has 0 aliphatic heterocycles. The summed E-state index contributed by atoms with van der Waals surface area (Å²) in [5, 5.41) is 19.5. The second-order valence-corrected chi connectivity index (χ2v) is 3.98. The van der Waals surface area contributed by atoms with Gasteiger partial charge in [-0.3, -0.25) is 4.79 Å². The molecule has 0 aliphatic rings. The first-order chi connectivity index (χ1) is 9.81. The Morgan fingerprint density at radius 1 is 1.40 bits per heavy atom. The molecule has 0 bridgehead atoms. The molecule has 1 aromatic carbocycles. The van der Waals surface area contributed by atoms with E-state index in [2.05, 4.69) is 36.0 Å². The molecule has 9 heteroatoms. The maximum absolute atomic E-state index is 11.8. The highest BCUT2D eigenvalue weighted by atomic mass is 16.2. The first-order valence-electron chi connectivity index (χ1n) is 5.77. The molecular formula is C11H10N8O. The molecular weight excluding hydrogens is 260 g/mol. The molecule has 9 nitrogen and oxygen atoms in total. The van der Waals surface area contributed by atoms with E-state index in [0.29, 0.717) is 12.2 Å². The van der Waals surface area contributed by atoms with Crippen LogP contribution < -0.4 is 5.32 Å². The molecule has 3 aromatic rings. The minimum Gasteiger partial charge on any atom is -0.319 e. The topological polar surface area (TPSA) is 114 Å². The number of tetrazole rings is 1. The molecule has 0 atom stereocenters. The fourth-order valence-corrected chi connectivity index (χ4v) is 1.69. The maximum Gasteiger partial charge on any atom is 0.297 e. The molecule has 100 valence electrons. The van der Waals surface area contributed by atoms with Crippen LogP contribution in [-0.4, -0.2) is 41.3 Å². The van der Waals surface area contributed by atoms with E-state index in [-0.39, 0.29) is 5.82 Å². The van der Waals surface area contributed by atoms with Crippen molar-refractivity contribution < 1.29 is 4.79 Å². The van der Waals surface area contributed by atoms with Crippen LogP contribution in [0.4, 0.5) is 5.69 Å². The van der Waals surface area contributed by atoms with Crippen molar-refractivity contribution in [1.82, 2.24) is 35.4 Å². The lowest BCUT2D eigenvalue weighted by Crippen LogP contribution is -2.14. The third-order valence-corrected chi connectivity index (χ3v) is 2.54. The van der Waals surface area contributed by atoms with E-state index in [0.717, 1.165) is 5.56 Å². The van der Waals surface area contributed by atoms with Crippen LogP contribution in [0.2, 0.25) is 0 Å². The minimum absolute atomic E-state index is 0.00770. The Morgan fingerprint density at radius 2 is 2.35 bits per heavy atom. The van der Waals surface area contributed by atoms with Gasteiger partial charge in [-0.25, -0.2) is 9.67 Å². The first-order valence-corrected chi connectivity index (χ1v) is 5.77. The van der Waals surface area contributed by atoms with Gasteiger partial charge in [0, 0.05) is 5.69 Å². The zero-order valence-corrected chi connectivity index (χ0v) is 10.3. The number of nitrogens with zero attached hydrogens (tertiary/aromatic N) is 6. The van der Waals surface area contributed by atoms with E-state index in [4.69, 9.17) is 0 Å². The summed E-state index contributed by atoms with van der Waals surface area (Å²) in [5.41, 5.74) is 1.64. The van der Waals surface area contributed by atoms with Crippen LogP contribution in [0.3, 0.4) is 0 Å². The highest BCUT2D eigenvalue weighted by molar-refractivity contribution is 6.01. The van der Waals surface area contributed by atoms with E-state index in [1.807, 2.05) is 18.2 Å². The summed E-state index contributed by atoms with van der Waals surface area (Å²) in [6.45, 7) is 0.575. The lowest BCUT2D eigenvalue weighted by molar-refractivity contribution is 0.101. The molecule has 3 rings (SSSR count). The van der Waals surface area contributed by atoms with E-state index >= 15 is 0 Å². The normalized spacial score (nSPS) is 10.4. The van der Waals surface area contributed by atoms with Gasteiger partial charge in [0.1, 0.15) is 12.7 Å². The molecule has 0 radical (unpaired) electrons. The third kappa shape index (κ3) is 2.66. The highest BCUT2D eigenvalue weighted by Crippen LogP contribution is 2.12. The Kier molecular flexibility index (Phi) is 3.15. The standard InChI is InChI=1S/C11H10N8O/c20-11(10-15-17-18-16-10)14-9-3-1-2-8(4-9)5-19-7-12-6-13-19/h1-4,6-7H,5H2,(H,14,20)(H,15,16,17,18). The number of aromatic amines is 1. The SMILES string of the molecule is O=C(Nc1cccc(Cn2cncn2)c1)c1nn[nH]n1. The number of carbonyl (C=O) groups excluding carboxylic acids is 1. The average Bonchev–Trinajstić information content (AvgIpc) is 3.12. The lowest BCUT2D eigenvalue weighted by atomic mass is 10.2. The van der Waals surface area contributed by atoms with Crippen molar-refractivity contribution in [1.29, 1.82) is 0 Å². The van der Waals surface area contributed by atoms with Crippen molar-refractivity contribution in [2.45, 2.75) is 6.54 Å². The number of carbonyl (C=O) groups is 1. The molecule has 2 aromatic heterocycles. The number of anilines is 1. The fourth-order valence-electron chi connectivity index (χ4n) is 1.69. The van der Waals surface area contributed by atoms with Gasteiger partial charge in [0.05, 0.1) is 6.54 Å². The third-order valence-electron chi connectivity index (χ3n) is 2.54. The number of nitrogens with one attached hydrogen (secondary N) is 2. The predicted molar refractivity (Wildman–Crippen MR) is 67.7 cm³/mol. The summed E-state index contributed by atoms with van der Waals surface area (Å²) in [5.74, 6) is -0.427. The van der Waals surface area contributed by atoms with E-state index in [1.54, 1.807) is 17.1 Å². The van der Waals surface area contributed by atoms with Crippen LogP contribution in [0.1, 0.15) is 16.2 Å². The Balaban J connectivity index is 1.73. The van der Waals surface area contributed by atoms with Gasteiger partial charge in [0.25, 0.3) is 11.7 Å². The summed E-state index contributed by atoms with van der Waals surface area (Å²) in [6, 6.07) is 7.41. The van der Waals surface area contributed by atoms with Crippen LogP contribution in [0.15, 0.2) is 36.9 Å². The molecule has 0 fully saturated rings. The van der Waals surface area contributed by atoms with E-state index < -0.39 is 5.91 Å². The summed E-state index contributed by atoms with van der Waals surface area (Å²) in [6.07, 6.45) is 3.10. The van der Waals surface area contributed by atoms with Gasteiger partial charge in [-0.15, -0.1) is 10.2 Å². The summed E-state index contributed by atoms with van der Waals surface area (Å²) < 4.78 is 1.69. The Labute approximate surface area is 113 Å². The lowest BCUT2D eigenvalue weighted by Gasteiger charge is -2.05. The van der Waals surface area contributed by atoms with Gasteiger partial charge in [-0.1, -0.05) is 12.1 Å². The van der Waals surface area contributed by atoms with Gasteiger partial charge < -0.3 is 5.32 Å². The monoisotopic (exact) mass is 270 g/mol. The number of rotatable bonds is 4. The number of hydrogen-bond acceptors (Lipinski definition) is 6. The second-order valence-electron chi connectivity index (χ2n) is 3.98. The fraction of sp³-hybridized carbons (Fsp3) is 0.0909. The largest absolute Gasteiger partial charge is 0.319 e. The molecule has 0 aliphatic carbocycles. The van der Waals surface area contributed by atoms with Crippen molar-refractivity contribution in [2.75, 3.05) is 5.32 Å². The van der Waals surface area contributed by atoms with Crippen molar-refractivity contribution in [3.8, 4) is 0 Å².